The van der Waals surface area contributed by atoms with Gasteiger partial charge in [0.2, 0.25) is 0 Å². The molecule has 0 heterocycles. The van der Waals surface area contributed by atoms with Crippen LogP contribution in [0.5, 0.6) is 0 Å². The molecule has 9 nitrogen and oxygen atoms in total. The molecule has 9 heteroatoms. The van der Waals surface area contributed by atoms with Crippen LogP contribution in [-0.2, 0) is 14.4 Å². The Morgan fingerprint density at radius 2 is 1.16 bits per heavy atom. The molecule has 0 aromatic rings. The van der Waals surface area contributed by atoms with Crippen molar-refractivity contribution >= 4 is 17.9 Å². The fraction of sp³-hybridized carbons (Fsp3) is 0.700. The predicted molar refractivity (Wildman–Crippen MR) is 62.6 cm³/mol. The van der Waals surface area contributed by atoms with Crippen molar-refractivity contribution in [1.82, 2.24) is 0 Å². The molecule has 0 aromatic heterocycles. The van der Waals surface area contributed by atoms with Gasteiger partial charge in [0.25, 0.3) is 0 Å². The van der Waals surface area contributed by atoms with Crippen molar-refractivity contribution in [2.24, 2.45) is 0 Å². The van der Waals surface area contributed by atoms with Crippen molar-refractivity contribution in [1.29, 1.82) is 0 Å². The molecule has 0 saturated heterocycles. The number of carbonyl (C=O) groups is 3. The van der Waals surface area contributed by atoms with Crippen LogP contribution in [0.25, 0.3) is 0 Å². The molecule has 0 bridgehead atoms. The lowest BCUT2D eigenvalue weighted by molar-refractivity contribution is -0.146. The lowest BCUT2D eigenvalue weighted by Gasteiger charge is -1.89. The van der Waals surface area contributed by atoms with Gasteiger partial charge in [-0.15, -0.1) is 0 Å². The summed E-state index contributed by atoms with van der Waals surface area (Å²) in [5.74, 6) is -3.22. The fourth-order valence-electron chi connectivity index (χ4n) is 0.230. The molecule has 0 fully saturated rings. The van der Waals surface area contributed by atoms with Gasteiger partial charge in [0, 0.05) is 13.0 Å². The topological polar surface area (TPSA) is 173 Å². The standard InChI is InChI=1S/C4H8O3.2C3H6O3/c5-3-1-2-4(6)7;2*1-2(4)3(5)6/h5H,1-3H2,(H,6,7);2*2,4H,1H3,(H,5,6). The van der Waals surface area contributed by atoms with E-state index in [2.05, 4.69) is 0 Å². The van der Waals surface area contributed by atoms with Gasteiger partial charge in [-0.25, -0.2) is 9.59 Å². The Bertz CT molecular complexity index is 242. The maximum atomic E-state index is 9.65. The number of aliphatic hydroxyl groups is 3. The minimum Gasteiger partial charge on any atom is -0.481 e. The Kier molecular flexibility index (Phi) is 17.0. The predicted octanol–water partition coefficient (Wildman–Crippen LogP) is -1.25. The van der Waals surface area contributed by atoms with Crippen LogP contribution in [0.15, 0.2) is 0 Å². The van der Waals surface area contributed by atoms with Crippen LogP contribution in [-0.4, -0.2) is 67.4 Å². The van der Waals surface area contributed by atoms with Crippen LogP contribution in [0.2, 0.25) is 0 Å². The SMILES string of the molecule is CC(O)C(=O)O.CC(O)C(=O)O.O=C(O)CCCO. The molecule has 0 rings (SSSR count). The first-order valence-corrected chi connectivity index (χ1v) is 5.20. The van der Waals surface area contributed by atoms with Crippen LogP contribution >= 0.6 is 0 Å². The average molecular weight is 284 g/mol. The minimum absolute atomic E-state index is 0.0354. The normalized spacial score (nSPS) is 11.8. The number of hydrogen-bond donors (Lipinski definition) is 6. The number of aliphatic carboxylic acids is 3. The first kappa shape index (κ1) is 22.5. The van der Waals surface area contributed by atoms with E-state index in [0.29, 0.717) is 6.42 Å². The van der Waals surface area contributed by atoms with Gasteiger partial charge in [0.05, 0.1) is 0 Å². The van der Waals surface area contributed by atoms with Crippen molar-refractivity contribution in [3.63, 3.8) is 0 Å². The minimum atomic E-state index is -1.23. The van der Waals surface area contributed by atoms with E-state index in [1.807, 2.05) is 0 Å². The van der Waals surface area contributed by atoms with Crippen molar-refractivity contribution < 1.29 is 45.0 Å². The quantitative estimate of drug-likeness (QED) is 0.360. The fourth-order valence-corrected chi connectivity index (χ4v) is 0.230. The first-order valence-electron chi connectivity index (χ1n) is 5.20. The highest BCUT2D eigenvalue weighted by Gasteiger charge is 2.02. The highest BCUT2D eigenvalue weighted by molar-refractivity contribution is 5.71. The molecule has 6 N–H and O–H groups in total. The summed E-state index contributed by atoms with van der Waals surface area (Å²) in [7, 11) is 0. The molecule has 2 unspecified atom stereocenters. The Hall–Kier alpha value is -1.71. The monoisotopic (exact) mass is 284 g/mol. The number of carboxylic acid groups (broad SMARTS) is 3. The third-order valence-corrected chi connectivity index (χ3v) is 1.26. The van der Waals surface area contributed by atoms with E-state index in [4.69, 9.17) is 30.6 Å². The summed E-state index contributed by atoms with van der Waals surface area (Å²) in [6.45, 7) is 2.36. The molecule has 0 amide bonds. The summed E-state index contributed by atoms with van der Waals surface area (Å²) in [4.78, 5) is 28.5. The zero-order valence-electron chi connectivity index (χ0n) is 10.7. The van der Waals surface area contributed by atoms with Gasteiger partial charge in [0.1, 0.15) is 12.2 Å². The van der Waals surface area contributed by atoms with Crippen LogP contribution in [0.3, 0.4) is 0 Å². The Labute approximate surface area is 109 Å². The van der Waals surface area contributed by atoms with E-state index in [0.717, 1.165) is 0 Å². The molecule has 19 heavy (non-hydrogen) atoms. The second-order valence-electron chi connectivity index (χ2n) is 3.25. The van der Waals surface area contributed by atoms with Gasteiger partial charge in [-0.05, 0) is 20.3 Å². The third kappa shape index (κ3) is 31.4. The average Bonchev–Trinajstić information content (AvgIpc) is 2.27. The van der Waals surface area contributed by atoms with Crippen molar-refractivity contribution in [2.45, 2.75) is 38.9 Å². The molecule has 0 spiro atoms. The van der Waals surface area contributed by atoms with Gasteiger partial charge in [-0.1, -0.05) is 0 Å². The van der Waals surface area contributed by atoms with Crippen LogP contribution < -0.4 is 0 Å². The highest BCUT2D eigenvalue weighted by atomic mass is 16.4. The van der Waals surface area contributed by atoms with E-state index in [-0.39, 0.29) is 13.0 Å². The molecule has 2 atom stereocenters. The van der Waals surface area contributed by atoms with Crippen LogP contribution in [0, 0.1) is 0 Å². The lowest BCUT2D eigenvalue weighted by atomic mass is 10.3. The summed E-state index contributed by atoms with van der Waals surface area (Å²) in [5.41, 5.74) is 0. The van der Waals surface area contributed by atoms with Gasteiger partial charge in [-0.2, -0.15) is 0 Å². The largest absolute Gasteiger partial charge is 0.481 e. The van der Waals surface area contributed by atoms with E-state index in [1.54, 1.807) is 0 Å². The summed E-state index contributed by atoms with van der Waals surface area (Å²) in [5, 5.41) is 47.5. The first-order chi connectivity index (χ1) is 8.56. The van der Waals surface area contributed by atoms with Crippen LogP contribution in [0.1, 0.15) is 26.7 Å². The smallest absolute Gasteiger partial charge is 0.332 e. The van der Waals surface area contributed by atoms with Crippen molar-refractivity contribution in [2.75, 3.05) is 6.61 Å². The summed E-state index contributed by atoms with van der Waals surface area (Å²) in [6, 6.07) is 0. The summed E-state index contributed by atoms with van der Waals surface area (Å²) in [6.07, 6.45) is -2.04. The maximum Gasteiger partial charge on any atom is 0.332 e. The number of carboxylic acids is 3. The second kappa shape index (κ2) is 14.4. The van der Waals surface area contributed by atoms with Gasteiger partial charge in [-0.3, -0.25) is 4.79 Å². The maximum absolute atomic E-state index is 9.65. The van der Waals surface area contributed by atoms with Gasteiger partial charge < -0.3 is 30.6 Å². The van der Waals surface area contributed by atoms with Crippen molar-refractivity contribution in [3.8, 4) is 0 Å². The molecule has 0 radical (unpaired) electrons. The Morgan fingerprint density at radius 1 is 0.895 bits per heavy atom. The van der Waals surface area contributed by atoms with E-state index < -0.39 is 30.1 Å². The molecular formula is C10H20O9. The van der Waals surface area contributed by atoms with E-state index in [1.165, 1.54) is 13.8 Å². The molecule has 0 aliphatic carbocycles. The molecular weight excluding hydrogens is 264 g/mol. The third-order valence-electron chi connectivity index (χ3n) is 1.26. The summed E-state index contributed by atoms with van der Waals surface area (Å²) < 4.78 is 0. The summed E-state index contributed by atoms with van der Waals surface area (Å²) >= 11 is 0. The number of aliphatic hydroxyl groups excluding tert-OH is 3. The Morgan fingerprint density at radius 3 is 1.21 bits per heavy atom. The second-order valence-corrected chi connectivity index (χ2v) is 3.25. The highest BCUT2D eigenvalue weighted by Crippen LogP contribution is 1.83. The van der Waals surface area contributed by atoms with E-state index >= 15 is 0 Å². The van der Waals surface area contributed by atoms with E-state index in [9.17, 15) is 14.4 Å². The van der Waals surface area contributed by atoms with Crippen molar-refractivity contribution in [3.05, 3.63) is 0 Å². The number of hydrogen-bond acceptors (Lipinski definition) is 6. The molecule has 114 valence electrons. The van der Waals surface area contributed by atoms with Gasteiger partial charge >= 0.3 is 17.9 Å². The molecule has 0 saturated carbocycles. The lowest BCUT2D eigenvalue weighted by Crippen LogP contribution is -2.13. The molecule has 0 aromatic carbocycles. The Balaban J connectivity index is -0.000000203. The molecule has 0 aliphatic heterocycles. The number of rotatable bonds is 5. The zero-order valence-corrected chi connectivity index (χ0v) is 10.7. The van der Waals surface area contributed by atoms with Gasteiger partial charge in [0.15, 0.2) is 0 Å². The van der Waals surface area contributed by atoms with Crippen LogP contribution in [0.4, 0.5) is 0 Å². The zero-order chi connectivity index (χ0) is 16.0. The molecule has 0 aliphatic rings.